The summed E-state index contributed by atoms with van der Waals surface area (Å²) in [6, 6.07) is 13.0. The van der Waals surface area contributed by atoms with Gasteiger partial charge in [0.2, 0.25) is 0 Å². The zero-order valence-electron chi connectivity index (χ0n) is 11.7. The molecule has 5 heteroatoms. The number of aryl methyl sites for hydroxylation is 1. The van der Waals surface area contributed by atoms with Crippen LogP contribution in [0.1, 0.15) is 12.2 Å². The van der Waals surface area contributed by atoms with E-state index in [4.69, 9.17) is 14.4 Å². The van der Waals surface area contributed by atoms with Gasteiger partial charge < -0.3 is 13.9 Å². The summed E-state index contributed by atoms with van der Waals surface area (Å²) in [5, 5.41) is 8.31. The second-order valence-corrected chi connectivity index (χ2v) is 4.31. The molecule has 0 N–H and O–H groups in total. The second kappa shape index (κ2) is 7.15. The Bertz CT molecular complexity index is 637. The van der Waals surface area contributed by atoms with Gasteiger partial charge in [-0.3, -0.25) is 4.79 Å². The van der Waals surface area contributed by atoms with Crippen molar-refractivity contribution in [2.45, 2.75) is 12.8 Å². The summed E-state index contributed by atoms with van der Waals surface area (Å²) in [6.45, 7) is -0.214. The zero-order chi connectivity index (χ0) is 15.1. The molecule has 0 radical (unpaired) electrons. The molecule has 0 aliphatic heterocycles. The van der Waals surface area contributed by atoms with Crippen molar-refractivity contribution >= 4 is 5.97 Å². The summed E-state index contributed by atoms with van der Waals surface area (Å²) in [7, 11) is 1.62. The molecule has 5 nitrogen and oxygen atoms in total. The molecule has 1 aromatic heterocycles. The van der Waals surface area contributed by atoms with E-state index in [9.17, 15) is 4.79 Å². The monoisotopic (exact) mass is 285 g/mol. The first-order valence-corrected chi connectivity index (χ1v) is 6.48. The van der Waals surface area contributed by atoms with E-state index in [1.54, 1.807) is 13.2 Å². The molecule has 2 aromatic rings. The van der Waals surface area contributed by atoms with E-state index in [0.29, 0.717) is 12.2 Å². The molecular formula is C16H15NO4. The molecular weight excluding hydrogens is 270 g/mol. The lowest BCUT2D eigenvalue weighted by Crippen LogP contribution is -2.05. The predicted molar refractivity (Wildman–Crippen MR) is 75.6 cm³/mol. The van der Waals surface area contributed by atoms with Gasteiger partial charge in [-0.2, -0.15) is 5.26 Å². The Hall–Kier alpha value is -2.74. The van der Waals surface area contributed by atoms with Crippen molar-refractivity contribution < 1.29 is 18.7 Å². The third kappa shape index (κ3) is 4.11. The minimum absolute atomic E-state index is 0.192. The number of esters is 1. The highest BCUT2D eigenvalue weighted by Crippen LogP contribution is 2.24. The molecule has 21 heavy (non-hydrogen) atoms. The number of ether oxygens (including phenoxy) is 2. The minimum Gasteiger partial charge on any atom is -0.497 e. The van der Waals surface area contributed by atoms with Crippen molar-refractivity contribution in [1.29, 1.82) is 5.26 Å². The van der Waals surface area contributed by atoms with Crippen LogP contribution in [0.5, 0.6) is 5.75 Å². The number of hydrogen-bond acceptors (Lipinski definition) is 5. The zero-order valence-corrected chi connectivity index (χ0v) is 11.7. The van der Waals surface area contributed by atoms with Crippen molar-refractivity contribution in [3.05, 3.63) is 42.2 Å². The number of rotatable bonds is 6. The maximum Gasteiger partial charge on any atom is 0.307 e. The number of nitrogens with zero attached hydrogens (tertiary/aromatic N) is 1. The minimum atomic E-state index is -0.404. The first kappa shape index (κ1) is 14.7. The van der Waals surface area contributed by atoms with E-state index in [1.807, 2.05) is 36.4 Å². The Morgan fingerprint density at radius 1 is 1.24 bits per heavy atom. The quantitative estimate of drug-likeness (QED) is 0.763. The second-order valence-electron chi connectivity index (χ2n) is 4.31. The van der Waals surface area contributed by atoms with E-state index >= 15 is 0 Å². The summed E-state index contributed by atoms with van der Waals surface area (Å²) < 4.78 is 15.5. The van der Waals surface area contributed by atoms with Crippen molar-refractivity contribution in [3.8, 4) is 23.1 Å². The smallest absolute Gasteiger partial charge is 0.307 e. The standard InChI is InChI=1S/C16H15NO4/c1-19-13-4-2-12(3-5-13)15-8-6-14(21-15)7-9-16(18)20-11-10-17/h2-6,8H,7,9,11H2,1H3. The van der Waals surface area contributed by atoms with Crippen molar-refractivity contribution in [3.63, 3.8) is 0 Å². The van der Waals surface area contributed by atoms with E-state index in [1.165, 1.54) is 0 Å². The highest BCUT2D eigenvalue weighted by Gasteiger charge is 2.08. The number of methoxy groups -OCH3 is 1. The molecule has 0 fully saturated rings. The Morgan fingerprint density at radius 3 is 2.67 bits per heavy atom. The fourth-order valence-corrected chi connectivity index (χ4v) is 1.83. The molecule has 0 aliphatic rings. The van der Waals surface area contributed by atoms with Gasteiger partial charge in [0.25, 0.3) is 0 Å². The normalized spacial score (nSPS) is 9.90. The molecule has 0 saturated carbocycles. The van der Waals surface area contributed by atoms with Gasteiger partial charge in [-0.1, -0.05) is 0 Å². The average molecular weight is 285 g/mol. The van der Waals surface area contributed by atoms with Gasteiger partial charge in [0, 0.05) is 12.0 Å². The van der Waals surface area contributed by atoms with Crippen LogP contribution in [-0.4, -0.2) is 19.7 Å². The number of carbonyl (C=O) groups excluding carboxylic acids is 1. The number of carbonyl (C=O) groups is 1. The first-order valence-electron chi connectivity index (χ1n) is 6.48. The van der Waals surface area contributed by atoms with E-state index in [2.05, 4.69) is 4.74 Å². The number of nitriles is 1. The van der Waals surface area contributed by atoms with Crippen LogP contribution in [0, 0.1) is 11.3 Å². The van der Waals surface area contributed by atoms with Gasteiger partial charge in [0.15, 0.2) is 6.61 Å². The average Bonchev–Trinajstić information content (AvgIpc) is 3.00. The molecule has 0 saturated heterocycles. The Morgan fingerprint density at radius 2 is 2.00 bits per heavy atom. The lowest BCUT2D eigenvalue weighted by atomic mass is 10.2. The highest BCUT2D eigenvalue weighted by atomic mass is 16.5. The maximum atomic E-state index is 11.3. The summed E-state index contributed by atoms with van der Waals surface area (Å²) in [4.78, 5) is 11.3. The van der Waals surface area contributed by atoms with E-state index in [-0.39, 0.29) is 13.0 Å². The fraction of sp³-hybridized carbons (Fsp3) is 0.250. The van der Waals surface area contributed by atoms with Crippen molar-refractivity contribution in [2.75, 3.05) is 13.7 Å². The van der Waals surface area contributed by atoms with Crippen LogP contribution in [-0.2, 0) is 16.0 Å². The summed E-state index contributed by atoms with van der Waals surface area (Å²) in [5.74, 6) is 1.82. The summed E-state index contributed by atoms with van der Waals surface area (Å²) in [6.07, 6.45) is 0.637. The van der Waals surface area contributed by atoms with E-state index < -0.39 is 5.97 Å². The molecule has 0 bridgehead atoms. The van der Waals surface area contributed by atoms with Gasteiger partial charge in [-0.15, -0.1) is 0 Å². The molecule has 0 amide bonds. The largest absolute Gasteiger partial charge is 0.497 e. The molecule has 0 aliphatic carbocycles. The van der Waals surface area contributed by atoms with Crippen LogP contribution in [0.4, 0.5) is 0 Å². The van der Waals surface area contributed by atoms with Gasteiger partial charge >= 0.3 is 5.97 Å². The topological polar surface area (TPSA) is 72.5 Å². The van der Waals surface area contributed by atoms with Crippen LogP contribution in [0.3, 0.4) is 0 Å². The van der Waals surface area contributed by atoms with Gasteiger partial charge in [0.05, 0.1) is 13.5 Å². The lowest BCUT2D eigenvalue weighted by Gasteiger charge is -2.01. The van der Waals surface area contributed by atoms with Crippen molar-refractivity contribution in [2.24, 2.45) is 0 Å². The van der Waals surface area contributed by atoms with Crippen LogP contribution in [0.2, 0.25) is 0 Å². The lowest BCUT2D eigenvalue weighted by molar-refractivity contribution is -0.142. The molecule has 0 spiro atoms. The van der Waals surface area contributed by atoms with Crippen LogP contribution in [0.15, 0.2) is 40.8 Å². The Labute approximate surface area is 122 Å². The van der Waals surface area contributed by atoms with E-state index in [0.717, 1.165) is 17.1 Å². The predicted octanol–water partition coefficient (Wildman–Crippen LogP) is 2.95. The van der Waals surface area contributed by atoms with Crippen LogP contribution < -0.4 is 4.74 Å². The van der Waals surface area contributed by atoms with Crippen LogP contribution in [0.25, 0.3) is 11.3 Å². The SMILES string of the molecule is COc1ccc(-c2ccc(CCC(=O)OCC#N)o2)cc1. The van der Waals surface area contributed by atoms with Crippen LogP contribution >= 0.6 is 0 Å². The van der Waals surface area contributed by atoms with Gasteiger partial charge in [0.1, 0.15) is 23.3 Å². The van der Waals surface area contributed by atoms with Gasteiger partial charge in [-0.25, -0.2) is 0 Å². The number of furan rings is 1. The molecule has 2 rings (SSSR count). The third-order valence-corrected chi connectivity index (χ3v) is 2.91. The molecule has 0 atom stereocenters. The van der Waals surface area contributed by atoms with Crippen molar-refractivity contribution in [1.82, 2.24) is 0 Å². The fourth-order valence-electron chi connectivity index (χ4n) is 1.83. The first-order chi connectivity index (χ1) is 10.2. The summed E-state index contributed by atoms with van der Waals surface area (Å²) >= 11 is 0. The van der Waals surface area contributed by atoms with Gasteiger partial charge in [-0.05, 0) is 36.4 Å². The number of hydrogen-bond donors (Lipinski definition) is 0. The Balaban J connectivity index is 1.94. The Kier molecular flexibility index (Phi) is 4.99. The molecule has 0 unspecified atom stereocenters. The molecule has 1 heterocycles. The molecule has 108 valence electrons. The number of benzene rings is 1. The third-order valence-electron chi connectivity index (χ3n) is 2.91. The maximum absolute atomic E-state index is 11.3. The summed E-state index contributed by atoms with van der Waals surface area (Å²) in [5.41, 5.74) is 0.939. The highest BCUT2D eigenvalue weighted by molar-refractivity contribution is 5.69. The molecule has 1 aromatic carbocycles.